The lowest BCUT2D eigenvalue weighted by molar-refractivity contribution is 0.134. The van der Waals surface area contributed by atoms with Gasteiger partial charge in [0.1, 0.15) is 5.01 Å². The molecule has 108 valence electrons. The summed E-state index contributed by atoms with van der Waals surface area (Å²) >= 11 is 1.74. The first kappa shape index (κ1) is 15.2. The first-order valence-electron chi connectivity index (χ1n) is 7.05. The molecule has 1 aromatic carbocycles. The number of rotatable bonds is 7. The molecule has 3 nitrogen and oxygen atoms in total. The standard InChI is InChI=1S/C16H22N2OS/c1-4-19-11-15-18-16(13-8-6-5-7-9-13)14(20-15)10-17-12(2)3/h5-9,12,17H,4,10-11H2,1-3H3. The van der Waals surface area contributed by atoms with Crippen LogP contribution in [-0.4, -0.2) is 17.6 Å². The fraction of sp³-hybridized carbons (Fsp3) is 0.438. The lowest BCUT2D eigenvalue weighted by atomic mass is 10.1. The summed E-state index contributed by atoms with van der Waals surface area (Å²) < 4.78 is 5.48. The van der Waals surface area contributed by atoms with Crippen LogP contribution in [0.2, 0.25) is 0 Å². The summed E-state index contributed by atoms with van der Waals surface area (Å²) in [5.41, 5.74) is 2.26. The van der Waals surface area contributed by atoms with Gasteiger partial charge in [-0.05, 0) is 6.92 Å². The van der Waals surface area contributed by atoms with E-state index in [9.17, 15) is 0 Å². The Morgan fingerprint density at radius 1 is 1.25 bits per heavy atom. The normalized spacial score (nSPS) is 11.2. The Morgan fingerprint density at radius 3 is 2.65 bits per heavy atom. The van der Waals surface area contributed by atoms with E-state index in [4.69, 9.17) is 9.72 Å². The Morgan fingerprint density at radius 2 is 2.00 bits per heavy atom. The van der Waals surface area contributed by atoms with Gasteiger partial charge in [-0.3, -0.25) is 0 Å². The molecule has 0 aliphatic heterocycles. The number of hydrogen-bond acceptors (Lipinski definition) is 4. The third-order valence-electron chi connectivity index (χ3n) is 2.89. The zero-order valence-electron chi connectivity index (χ0n) is 12.3. The highest BCUT2D eigenvalue weighted by Gasteiger charge is 2.13. The van der Waals surface area contributed by atoms with Gasteiger partial charge in [-0.15, -0.1) is 11.3 Å². The van der Waals surface area contributed by atoms with E-state index in [1.54, 1.807) is 11.3 Å². The molecule has 1 aromatic heterocycles. The molecule has 0 fully saturated rings. The van der Waals surface area contributed by atoms with Crippen LogP contribution in [0.5, 0.6) is 0 Å². The Kier molecular flexibility index (Phi) is 5.71. The summed E-state index contributed by atoms with van der Waals surface area (Å²) in [6, 6.07) is 10.8. The van der Waals surface area contributed by atoms with Gasteiger partial charge < -0.3 is 10.1 Å². The molecule has 0 amide bonds. The largest absolute Gasteiger partial charge is 0.375 e. The van der Waals surface area contributed by atoms with Crippen molar-refractivity contribution in [1.82, 2.24) is 10.3 Å². The second-order valence-electron chi connectivity index (χ2n) is 4.92. The maximum atomic E-state index is 5.48. The number of nitrogens with one attached hydrogen (secondary N) is 1. The molecule has 0 saturated heterocycles. The zero-order valence-corrected chi connectivity index (χ0v) is 13.2. The van der Waals surface area contributed by atoms with E-state index in [0.717, 1.165) is 23.9 Å². The van der Waals surface area contributed by atoms with Crippen LogP contribution in [0.25, 0.3) is 11.3 Å². The van der Waals surface area contributed by atoms with E-state index >= 15 is 0 Å². The van der Waals surface area contributed by atoms with Gasteiger partial charge in [-0.25, -0.2) is 4.98 Å². The van der Waals surface area contributed by atoms with Crippen LogP contribution in [-0.2, 0) is 17.9 Å². The summed E-state index contributed by atoms with van der Waals surface area (Å²) in [4.78, 5) is 6.03. The van der Waals surface area contributed by atoms with Crippen molar-refractivity contribution in [3.63, 3.8) is 0 Å². The summed E-state index contributed by atoms with van der Waals surface area (Å²) in [7, 11) is 0. The summed E-state index contributed by atoms with van der Waals surface area (Å²) in [6.07, 6.45) is 0. The SMILES string of the molecule is CCOCc1nc(-c2ccccc2)c(CNC(C)C)s1. The predicted octanol–water partition coefficient (Wildman–Crippen LogP) is 3.84. The van der Waals surface area contributed by atoms with E-state index in [2.05, 4.69) is 43.4 Å². The molecule has 0 aliphatic carbocycles. The molecule has 0 atom stereocenters. The van der Waals surface area contributed by atoms with Crippen molar-refractivity contribution >= 4 is 11.3 Å². The smallest absolute Gasteiger partial charge is 0.119 e. The molecule has 2 rings (SSSR count). The molecule has 20 heavy (non-hydrogen) atoms. The highest BCUT2D eigenvalue weighted by molar-refractivity contribution is 7.12. The molecule has 0 aliphatic rings. The third kappa shape index (κ3) is 4.13. The first-order valence-corrected chi connectivity index (χ1v) is 7.87. The summed E-state index contributed by atoms with van der Waals surface area (Å²) in [5.74, 6) is 0. The minimum atomic E-state index is 0.469. The van der Waals surface area contributed by atoms with Crippen molar-refractivity contribution in [3.8, 4) is 11.3 Å². The van der Waals surface area contributed by atoms with Crippen molar-refractivity contribution in [1.29, 1.82) is 0 Å². The van der Waals surface area contributed by atoms with Crippen LogP contribution < -0.4 is 5.32 Å². The van der Waals surface area contributed by atoms with E-state index < -0.39 is 0 Å². The van der Waals surface area contributed by atoms with Crippen molar-refractivity contribution in [2.75, 3.05) is 6.61 Å². The molecule has 4 heteroatoms. The minimum Gasteiger partial charge on any atom is -0.375 e. The van der Waals surface area contributed by atoms with Crippen molar-refractivity contribution < 1.29 is 4.74 Å². The maximum absolute atomic E-state index is 5.48. The van der Waals surface area contributed by atoms with Gasteiger partial charge in [0.2, 0.25) is 0 Å². The van der Waals surface area contributed by atoms with Gasteiger partial charge in [0.05, 0.1) is 12.3 Å². The van der Waals surface area contributed by atoms with Gasteiger partial charge in [-0.1, -0.05) is 44.2 Å². The average Bonchev–Trinajstić information content (AvgIpc) is 2.87. The second-order valence-corrected chi connectivity index (χ2v) is 6.09. The molecule has 0 bridgehead atoms. The Labute approximate surface area is 125 Å². The Bertz CT molecular complexity index is 523. The summed E-state index contributed by atoms with van der Waals surface area (Å²) in [6.45, 7) is 8.50. The molecule has 0 saturated carbocycles. The first-order chi connectivity index (χ1) is 9.70. The van der Waals surface area contributed by atoms with E-state index in [-0.39, 0.29) is 0 Å². The number of ether oxygens (including phenoxy) is 1. The van der Waals surface area contributed by atoms with Gasteiger partial charge in [0.15, 0.2) is 0 Å². The zero-order chi connectivity index (χ0) is 14.4. The Balaban J connectivity index is 2.24. The lowest BCUT2D eigenvalue weighted by Gasteiger charge is -2.07. The average molecular weight is 290 g/mol. The van der Waals surface area contributed by atoms with Crippen LogP contribution in [0.1, 0.15) is 30.7 Å². The fourth-order valence-corrected chi connectivity index (χ4v) is 2.87. The molecular weight excluding hydrogens is 268 g/mol. The molecule has 1 N–H and O–H groups in total. The van der Waals surface area contributed by atoms with Crippen molar-refractivity contribution in [2.45, 2.75) is 40.0 Å². The fourth-order valence-electron chi connectivity index (χ4n) is 1.89. The van der Waals surface area contributed by atoms with E-state index in [1.165, 1.54) is 10.4 Å². The highest BCUT2D eigenvalue weighted by atomic mass is 32.1. The summed E-state index contributed by atoms with van der Waals surface area (Å²) in [5, 5.41) is 4.52. The third-order valence-corrected chi connectivity index (χ3v) is 3.92. The quantitative estimate of drug-likeness (QED) is 0.841. The molecule has 1 heterocycles. The number of benzene rings is 1. The molecule has 0 radical (unpaired) electrons. The van der Waals surface area contributed by atoms with Crippen LogP contribution >= 0.6 is 11.3 Å². The number of nitrogens with zero attached hydrogens (tertiary/aromatic N) is 1. The second kappa shape index (κ2) is 7.53. The van der Waals surface area contributed by atoms with Gasteiger partial charge in [0, 0.05) is 29.6 Å². The van der Waals surface area contributed by atoms with Gasteiger partial charge in [0.25, 0.3) is 0 Å². The van der Waals surface area contributed by atoms with Crippen LogP contribution in [0.3, 0.4) is 0 Å². The molecule has 2 aromatic rings. The number of aromatic nitrogens is 1. The maximum Gasteiger partial charge on any atom is 0.119 e. The van der Waals surface area contributed by atoms with Crippen LogP contribution in [0.4, 0.5) is 0 Å². The van der Waals surface area contributed by atoms with Crippen molar-refractivity contribution in [3.05, 3.63) is 40.2 Å². The topological polar surface area (TPSA) is 34.1 Å². The number of hydrogen-bond donors (Lipinski definition) is 1. The van der Waals surface area contributed by atoms with Crippen LogP contribution in [0, 0.1) is 0 Å². The minimum absolute atomic E-state index is 0.469. The van der Waals surface area contributed by atoms with Gasteiger partial charge in [-0.2, -0.15) is 0 Å². The molecule has 0 spiro atoms. The van der Waals surface area contributed by atoms with Crippen LogP contribution in [0.15, 0.2) is 30.3 Å². The predicted molar refractivity (Wildman–Crippen MR) is 84.9 cm³/mol. The monoisotopic (exact) mass is 290 g/mol. The molecular formula is C16H22N2OS. The lowest BCUT2D eigenvalue weighted by Crippen LogP contribution is -2.21. The van der Waals surface area contributed by atoms with E-state index in [0.29, 0.717) is 12.6 Å². The van der Waals surface area contributed by atoms with E-state index in [1.807, 2.05) is 13.0 Å². The van der Waals surface area contributed by atoms with Crippen molar-refractivity contribution in [2.24, 2.45) is 0 Å². The van der Waals surface area contributed by atoms with Gasteiger partial charge >= 0.3 is 0 Å². The Hall–Kier alpha value is -1.23. The molecule has 0 unspecified atom stereocenters. The number of thiazole rings is 1. The highest BCUT2D eigenvalue weighted by Crippen LogP contribution is 2.28.